The number of aliphatic hydroxyl groups is 1. The summed E-state index contributed by atoms with van der Waals surface area (Å²) >= 11 is 0. The van der Waals surface area contributed by atoms with E-state index in [1.54, 1.807) is 6.26 Å². The highest BCUT2D eigenvalue weighted by Crippen LogP contribution is 2.18. The molecule has 0 fully saturated rings. The molecule has 0 aliphatic rings. The third kappa shape index (κ3) is 6.63. The Morgan fingerprint density at radius 3 is 2.77 bits per heavy atom. The van der Waals surface area contributed by atoms with Gasteiger partial charge in [0.25, 0.3) is 0 Å². The van der Waals surface area contributed by atoms with Crippen LogP contribution in [0.5, 0.6) is 5.75 Å². The van der Waals surface area contributed by atoms with Crippen LogP contribution in [0.25, 0.3) is 11.5 Å². The van der Waals surface area contributed by atoms with Crippen molar-refractivity contribution in [3.8, 4) is 17.2 Å². The molecule has 7 nitrogen and oxygen atoms in total. The number of aromatic nitrogens is 1. The topological polar surface area (TPSA) is 91.9 Å². The van der Waals surface area contributed by atoms with Crippen molar-refractivity contribution in [2.24, 2.45) is 4.99 Å². The molecule has 1 aromatic heterocycles. The number of nitrogens with zero attached hydrogens (tertiary/aromatic N) is 2. The van der Waals surface area contributed by atoms with Gasteiger partial charge in [-0.05, 0) is 43.7 Å². The Morgan fingerprint density at radius 1 is 1.17 bits per heavy atom. The van der Waals surface area contributed by atoms with E-state index in [1.165, 1.54) is 0 Å². The number of aliphatic hydroxyl groups excluding tert-OH is 1. The number of ether oxygens (including phenoxy) is 1. The van der Waals surface area contributed by atoms with E-state index >= 15 is 0 Å². The normalized spacial score (nSPS) is 12.4. The third-order valence-electron chi connectivity index (χ3n) is 4.25. The van der Waals surface area contributed by atoms with Crippen LogP contribution in [0.15, 0.2) is 70.3 Å². The van der Waals surface area contributed by atoms with Gasteiger partial charge in [0.05, 0.1) is 6.54 Å². The zero-order valence-corrected chi connectivity index (χ0v) is 17.3. The first-order valence-corrected chi connectivity index (χ1v) is 10.0. The molecule has 0 bridgehead atoms. The van der Waals surface area contributed by atoms with Gasteiger partial charge in [0.15, 0.2) is 5.96 Å². The second kappa shape index (κ2) is 11.0. The Kier molecular flexibility index (Phi) is 7.86. The van der Waals surface area contributed by atoms with Gasteiger partial charge in [0, 0.05) is 18.7 Å². The molecule has 3 N–H and O–H groups in total. The van der Waals surface area contributed by atoms with E-state index in [-0.39, 0.29) is 6.61 Å². The highest BCUT2D eigenvalue weighted by Gasteiger charge is 2.09. The van der Waals surface area contributed by atoms with Gasteiger partial charge in [0.1, 0.15) is 30.4 Å². The average Bonchev–Trinajstić information content (AvgIpc) is 3.24. The minimum Gasteiger partial charge on any atom is -0.491 e. The van der Waals surface area contributed by atoms with Crippen molar-refractivity contribution in [1.29, 1.82) is 0 Å². The summed E-state index contributed by atoms with van der Waals surface area (Å²) in [5.74, 6) is 1.91. The van der Waals surface area contributed by atoms with E-state index in [4.69, 9.17) is 9.15 Å². The van der Waals surface area contributed by atoms with Gasteiger partial charge in [-0.3, -0.25) is 0 Å². The van der Waals surface area contributed by atoms with Crippen LogP contribution in [-0.2, 0) is 6.54 Å². The summed E-state index contributed by atoms with van der Waals surface area (Å²) in [7, 11) is 0. The lowest BCUT2D eigenvalue weighted by molar-refractivity contribution is 0.110. The molecular formula is C23H28N4O3. The quantitative estimate of drug-likeness (QED) is 0.372. The maximum atomic E-state index is 10.2. The van der Waals surface area contributed by atoms with Gasteiger partial charge < -0.3 is 24.9 Å². The molecule has 7 heteroatoms. The molecule has 0 aliphatic carbocycles. The fourth-order valence-corrected chi connectivity index (χ4v) is 2.77. The number of hydrogen-bond acceptors (Lipinski definition) is 5. The molecule has 1 atom stereocenters. The van der Waals surface area contributed by atoms with Crippen LogP contribution in [0.4, 0.5) is 0 Å². The van der Waals surface area contributed by atoms with Crippen LogP contribution < -0.4 is 15.4 Å². The Labute approximate surface area is 176 Å². The average molecular weight is 409 g/mol. The van der Waals surface area contributed by atoms with Crippen LogP contribution in [0, 0.1) is 6.92 Å². The lowest BCUT2D eigenvalue weighted by atomic mass is 10.2. The second-order valence-electron chi connectivity index (χ2n) is 6.87. The maximum Gasteiger partial charge on any atom is 0.226 e. The Balaban J connectivity index is 1.50. The summed E-state index contributed by atoms with van der Waals surface area (Å²) in [4.78, 5) is 8.99. The predicted molar refractivity (Wildman–Crippen MR) is 117 cm³/mol. The van der Waals surface area contributed by atoms with E-state index in [9.17, 15) is 5.11 Å². The summed E-state index contributed by atoms with van der Waals surface area (Å²) in [5, 5.41) is 16.5. The number of hydrogen-bond donors (Lipinski definition) is 3. The molecule has 0 saturated heterocycles. The van der Waals surface area contributed by atoms with E-state index < -0.39 is 6.10 Å². The molecule has 1 unspecified atom stereocenters. The molecule has 30 heavy (non-hydrogen) atoms. The summed E-state index contributed by atoms with van der Waals surface area (Å²) in [6.07, 6.45) is 0.936. The monoisotopic (exact) mass is 408 g/mol. The summed E-state index contributed by atoms with van der Waals surface area (Å²) < 4.78 is 11.2. The number of aliphatic imine (C=N–C) groups is 1. The highest BCUT2D eigenvalue weighted by molar-refractivity contribution is 5.79. The molecular weight excluding hydrogens is 380 g/mol. The lowest BCUT2D eigenvalue weighted by Crippen LogP contribution is -2.42. The van der Waals surface area contributed by atoms with Crippen molar-refractivity contribution < 1.29 is 14.3 Å². The summed E-state index contributed by atoms with van der Waals surface area (Å²) in [6, 6.07) is 17.5. The first-order valence-electron chi connectivity index (χ1n) is 10.0. The molecule has 0 spiro atoms. The van der Waals surface area contributed by atoms with E-state index in [0.717, 1.165) is 22.6 Å². The number of benzene rings is 2. The zero-order chi connectivity index (χ0) is 21.2. The number of guanidine groups is 1. The largest absolute Gasteiger partial charge is 0.491 e. The molecule has 0 amide bonds. The van der Waals surface area contributed by atoms with E-state index in [0.29, 0.717) is 31.5 Å². The summed E-state index contributed by atoms with van der Waals surface area (Å²) in [6.45, 7) is 5.56. The Morgan fingerprint density at radius 2 is 2.00 bits per heavy atom. The van der Waals surface area contributed by atoms with Crippen LogP contribution in [0.2, 0.25) is 0 Å². The maximum absolute atomic E-state index is 10.2. The number of aryl methyl sites for hydroxylation is 1. The molecule has 158 valence electrons. The smallest absolute Gasteiger partial charge is 0.226 e. The first kappa shape index (κ1) is 21.4. The van der Waals surface area contributed by atoms with Crippen molar-refractivity contribution in [3.05, 3.63) is 72.1 Å². The van der Waals surface area contributed by atoms with Crippen LogP contribution in [-0.4, -0.2) is 41.9 Å². The Bertz CT molecular complexity index is 940. The zero-order valence-electron chi connectivity index (χ0n) is 17.3. The lowest BCUT2D eigenvalue weighted by Gasteiger charge is -2.16. The van der Waals surface area contributed by atoms with Crippen molar-refractivity contribution in [3.63, 3.8) is 0 Å². The van der Waals surface area contributed by atoms with Gasteiger partial charge in [0.2, 0.25) is 5.89 Å². The highest BCUT2D eigenvalue weighted by atomic mass is 16.5. The van der Waals surface area contributed by atoms with E-state index in [2.05, 4.69) is 20.6 Å². The number of rotatable bonds is 9. The van der Waals surface area contributed by atoms with Crippen molar-refractivity contribution in [1.82, 2.24) is 15.6 Å². The molecule has 1 heterocycles. The minimum atomic E-state index is -0.675. The fraction of sp³-hybridized carbons (Fsp3) is 0.304. The minimum absolute atomic E-state index is 0.194. The van der Waals surface area contributed by atoms with Crippen molar-refractivity contribution in [2.45, 2.75) is 26.5 Å². The molecule has 0 radical (unpaired) electrons. The fourth-order valence-electron chi connectivity index (χ4n) is 2.77. The van der Waals surface area contributed by atoms with Gasteiger partial charge >= 0.3 is 0 Å². The Hall–Kier alpha value is -3.32. The van der Waals surface area contributed by atoms with Gasteiger partial charge in [-0.15, -0.1) is 0 Å². The van der Waals surface area contributed by atoms with Gasteiger partial charge in [-0.25, -0.2) is 9.98 Å². The molecule has 2 aromatic carbocycles. The van der Waals surface area contributed by atoms with Gasteiger partial charge in [-0.2, -0.15) is 0 Å². The molecule has 3 aromatic rings. The number of nitrogens with one attached hydrogen (secondary N) is 2. The van der Waals surface area contributed by atoms with Crippen LogP contribution in [0.3, 0.4) is 0 Å². The molecule has 0 aliphatic heterocycles. The predicted octanol–water partition coefficient (Wildman–Crippen LogP) is 3.15. The van der Waals surface area contributed by atoms with Crippen LogP contribution in [0.1, 0.15) is 18.2 Å². The van der Waals surface area contributed by atoms with Crippen molar-refractivity contribution in [2.75, 3.05) is 19.7 Å². The third-order valence-corrected chi connectivity index (χ3v) is 4.25. The number of oxazole rings is 1. The molecule has 0 saturated carbocycles. The second-order valence-corrected chi connectivity index (χ2v) is 6.87. The molecule has 3 rings (SSSR count). The summed E-state index contributed by atoms with van der Waals surface area (Å²) in [5.41, 5.74) is 2.77. The van der Waals surface area contributed by atoms with E-state index in [1.807, 2.05) is 68.4 Å². The standard InChI is InChI=1S/C23H28N4O3/c1-3-24-23(26-14-20(28)16-29-21-11-7-8-17(2)12-21)25-13-19-15-30-22(27-19)18-9-5-4-6-10-18/h4-12,15,20,28H,3,13-14,16H2,1-2H3,(H2,24,25,26). The first-order chi connectivity index (χ1) is 14.6. The van der Waals surface area contributed by atoms with Crippen molar-refractivity contribution >= 4 is 5.96 Å². The van der Waals surface area contributed by atoms with Gasteiger partial charge in [-0.1, -0.05) is 30.3 Å². The SMILES string of the molecule is CCNC(=NCc1coc(-c2ccccc2)n1)NCC(O)COc1cccc(C)c1. The van der Waals surface area contributed by atoms with Crippen LogP contribution >= 0.6 is 0 Å².